The summed E-state index contributed by atoms with van der Waals surface area (Å²) in [6.07, 6.45) is 7.29. The van der Waals surface area contributed by atoms with Crippen LogP contribution in [-0.4, -0.2) is 30.1 Å². The Morgan fingerprint density at radius 3 is 2.56 bits per heavy atom. The van der Waals surface area contributed by atoms with E-state index in [1.807, 2.05) is 19.3 Å². The molecule has 1 aliphatic carbocycles. The molecule has 1 fully saturated rings. The van der Waals surface area contributed by atoms with E-state index in [1.54, 1.807) is 7.05 Å². The fraction of sp³-hybridized carbons (Fsp3) is 0.545. The minimum atomic E-state index is 0.593. The lowest BCUT2D eigenvalue weighted by Gasteiger charge is -2.35. The number of anilines is 2. The van der Waals surface area contributed by atoms with Gasteiger partial charge in [-0.1, -0.05) is 0 Å². The van der Waals surface area contributed by atoms with Gasteiger partial charge in [-0.05, 0) is 19.3 Å². The normalized spacial score (nSPS) is 15.1. The van der Waals surface area contributed by atoms with Gasteiger partial charge in [-0.25, -0.2) is 9.97 Å². The third kappa shape index (κ3) is 1.91. The molecule has 16 heavy (non-hydrogen) atoms. The van der Waals surface area contributed by atoms with E-state index in [2.05, 4.69) is 14.9 Å². The molecule has 0 aromatic carbocycles. The van der Waals surface area contributed by atoms with Gasteiger partial charge in [0.25, 0.3) is 0 Å². The van der Waals surface area contributed by atoms with Crippen molar-refractivity contribution in [2.75, 3.05) is 23.9 Å². The fourth-order valence-corrected chi connectivity index (χ4v) is 1.73. The Morgan fingerprint density at radius 1 is 1.31 bits per heavy atom. The number of nitriles is 1. The van der Waals surface area contributed by atoms with Crippen LogP contribution in [0.1, 0.15) is 19.3 Å². The molecule has 0 radical (unpaired) electrons. The highest BCUT2D eigenvalue weighted by molar-refractivity contribution is 5.52. The molecule has 5 heteroatoms. The van der Waals surface area contributed by atoms with Crippen LogP contribution in [0.25, 0.3) is 0 Å². The first kappa shape index (κ1) is 10.7. The first-order valence-corrected chi connectivity index (χ1v) is 5.40. The summed E-state index contributed by atoms with van der Waals surface area (Å²) in [5.74, 6) is 1.52. The molecule has 0 saturated heterocycles. The molecule has 1 aliphatic rings. The fourth-order valence-electron chi connectivity index (χ4n) is 1.73. The smallest absolute Gasteiger partial charge is 0.185 e. The van der Waals surface area contributed by atoms with E-state index in [0.29, 0.717) is 11.9 Å². The molecule has 1 saturated carbocycles. The van der Waals surface area contributed by atoms with Crippen molar-refractivity contribution in [1.29, 1.82) is 5.26 Å². The second kappa shape index (κ2) is 4.35. The van der Waals surface area contributed by atoms with Gasteiger partial charge in [0.15, 0.2) is 6.19 Å². The molecule has 0 aliphatic heterocycles. The Bertz CT molecular complexity index is 407. The van der Waals surface area contributed by atoms with Gasteiger partial charge in [0, 0.05) is 26.2 Å². The monoisotopic (exact) mass is 217 g/mol. The first-order valence-electron chi connectivity index (χ1n) is 5.40. The number of nitrogens with zero attached hydrogens (tertiary/aromatic N) is 5. The van der Waals surface area contributed by atoms with Gasteiger partial charge in [0.1, 0.15) is 18.0 Å². The summed E-state index contributed by atoms with van der Waals surface area (Å²) < 4.78 is 0. The third-order valence-corrected chi connectivity index (χ3v) is 3.12. The molecule has 0 unspecified atom stereocenters. The second-order valence-electron chi connectivity index (χ2n) is 4.09. The zero-order valence-corrected chi connectivity index (χ0v) is 9.59. The van der Waals surface area contributed by atoms with Crippen LogP contribution in [-0.2, 0) is 0 Å². The van der Waals surface area contributed by atoms with Crippen molar-refractivity contribution in [3.63, 3.8) is 0 Å². The Morgan fingerprint density at radius 2 is 2.00 bits per heavy atom. The van der Waals surface area contributed by atoms with Gasteiger partial charge in [-0.3, -0.25) is 4.90 Å². The van der Waals surface area contributed by atoms with Crippen LogP contribution in [0.2, 0.25) is 0 Å². The molecular weight excluding hydrogens is 202 g/mol. The standard InChI is InChI=1S/C11H15N5/c1-15(7-12)10-6-11(14-8-13-10)16(2)9-4-3-5-9/h6,8-9H,3-5H2,1-2H3. The maximum absolute atomic E-state index is 8.79. The lowest BCUT2D eigenvalue weighted by Crippen LogP contribution is -2.37. The number of rotatable bonds is 3. The quantitative estimate of drug-likeness (QED) is 0.565. The topological polar surface area (TPSA) is 56.1 Å². The predicted molar refractivity (Wildman–Crippen MR) is 62.1 cm³/mol. The largest absolute Gasteiger partial charge is 0.357 e. The van der Waals surface area contributed by atoms with E-state index in [0.717, 1.165) is 5.82 Å². The number of hydrogen-bond donors (Lipinski definition) is 0. The maximum Gasteiger partial charge on any atom is 0.185 e. The lowest BCUT2D eigenvalue weighted by atomic mass is 9.92. The van der Waals surface area contributed by atoms with Crippen LogP contribution in [0.15, 0.2) is 12.4 Å². The summed E-state index contributed by atoms with van der Waals surface area (Å²) in [6.45, 7) is 0. The second-order valence-corrected chi connectivity index (χ2v) is 4.09. The van der Waals surface area contributed by atoms with Crippen LogP contribution in [0.5, 0.6) is 0 Å². The van der Waals surface area contributed by atoms with Gasteiger partial charge < -0.3 is 4.90 Å². The first-order chi connectivity index (χ1) is 7.72. The van der Waals surface area contributed by atoms with Crippen molar-refractivity contribution in [2.24, 2.45) is 0 Å². The van der Waals surface area contributed by atoms with Crippen LogP contribution in [0.3, 0.4) is 0 Å². The minimum Gasteiger partial charge on any atom is -0.357 e. The van der Waals surface area contributed by atoms with Crippen LogP contribution >= 0.6 is 0 Å². The zero-order valence-electron chi connectivity index (χ0n) is 9.59. The van der Waals surface area contributed by atoms with Gasteiger partial charge in [-0.15, -0.1) is 0 Å². The van der Waals surface area contributed by atoms with E-state index in [9.17, 15) is 0 Å². The van der Waals surface area contributed by atoms with Gasteiger partial charge >= 0.3 is 0 Å². The molecule has 5 nitrogen and oxygen atoms in total. The molecule has 0 atom stereocenters. The predicted octanol–water partition coefficient (Wildman–Crippen LogP) is 1.38. The van der Waals surface area contributed by atoms with Crippen molar-refractivity contribution < 1.29 is 0 Å². The van der Waals surface area contributed by atoms with Gasteiger partial charge in [0.05, 0.1) is 0 Å². The Kier molecular flexibility index (Phi) is 2.91. The zero-order chi connectivity index (χ0) is 11.5. The van der Waals surface area contributed by atoms with Crippen molar-refractivity contribution in [3.8, 4) is 6.19 Å². The maximum atomic E-state index is 8.79. The minimum absolute atomic E-state index is 0.593. The summed E-state index contributed by atoms with van der Waals surface area (Å²) in [6, 6.07) is 2.44. The summed E-state index contributed by atoms with van der Waals surface area (Å²) in [7, 11) is 3.73. The van der Waals surface area contributed by atoms with E-state index in [1.165, 1.54) is 30.5 Å². The molecule has 0 bridgehead atoms. The Balaban J connectivity index is 2.18. The highest BCUT2D eigenvalue weighted by atomic mass is 15.2. The van der Waals surface area contributed by atoms with Crippen LogP contribution < -0.4 is 9.80 Å². The SMILES string of the molecule is CN(C#N)c1cc(N(C)C2CCC2)ncn1. The van der Waals surface area contributed by atoms with Crippen molar-refractivity contribution >= 4 is 11.6 Å². The van der Waals surface area contributed by atoms with E-state index in [-0.39, 0.29) is 0 Å². The lowest BCUT2D eigenvalue weighted by molar-refractivity contribution is 0.399. The average Bonchev–Trinajstić information content (AvgIpc) is 2.26. The van der Waals surface area contributed by atoms with Gasteiger partial charge in [-0.2, -0.15) is 5.26 Å². The van der Waals surface area contributed by atoms with Crippen molar-refractivity contribution in [1.82, 2.24) is 9.97 Å². The third-order valence-electron chi connectivity index (χ3n) is 3.12. The van der Waals surface area contributed by atoms with E-state index in [4.69, 9.17) is 5.26 Å². The molecular formula is C11H15N5. The molecule has 0 spiro atoms. The van der Waals surface area contributed by atoms with Crippen molar-refractivity contribution in [3.05, 3.63) is 12.4 Å². The molecule has 1 heterocycles. The van der Waals surface area contributed by atoms with Crippen LogP contribution in [0, 0.1) is 11.5 Å². The summed E-state index contributed by atoms with van der Waals surface area (Å²) in [5.41, 5.74) is 0. The number of aromatic nitrogens is 2. The highest BCUT2D eigenvalue weighted by Gasteiger charge is 2.23. The Labute approximate surface area is 95.3 Å². The molecule has 84 valence electrons. The van der Waals surface area contributed by atoms with Gasteiger partial charge in [0.2, 0.25) is 0 Å². The summed E-state index contributed by atoms with van der Waals surface area (Å²) in [5, 5.41) is 8.79. The Hall–Kier alpha value is -1.83. The molecule has 0 amide bonds. The summed E-state index contributed by atoms with van der Waals surface area (Å²) in [4.78, 5) is 11.9. The molecule has 1 aromatic heterocycles. The molecule has 2 rings (SSSR count). The average molecular weight is 217 g/mol. The number of hydrogen-bond acceptors (Lipinski definition) is 5. The van der Waals surface area contributed by atoms with Crippen LogP contribution in [0.4, 0.5) is 11.6 Å². The summed E-state index contributed by atoms with van der Waals surface area (Å²) >= 11 is 0. The molecule has 1 aromatic rings. The highest BCUT2D eigenvalue weighted by Crippen LogP contribution is 2.27. The van der Waals surface area contributed by atoms with E-state index >= 15 is 0 Å². The van der Waals surface area contributed by atoms with Crippen molar-refractivity contribution in [2.45, 2.75) is 25.3 Å². The molecule has 0 N–H and O–H groups in total. The van der Waals surface area contributed by atoms with E-state index < -0.39 is 0 Å².